The van der Waals surface area contributed by atoms with Gasteiger partial charge in [0.15, 0.2) is 0 Å². The van der Waals surface area contributed by atoms with E-state index in [4.69, 9.17) is 15.6 Å². The SMILES string of the molecule is COc1ccc(N)cc1NC(=O)CCSCCCO. The van der Waals surface area contributed by atoms with E-state index in [1.165, 1.54) is 0 Å². The van der Waals surface area contributed by atoms with Gasteiger partial charge in [-0.3, -0.25) is 4.79 Å². The van der Waals surface area contributed by atoms with Crippen LogP contribution in [0.3, 0.4) is 0 Å². The molecule has 0 saturated heterocycles. The number of methoxy groups -OCH3 is 1. The summed E-state index contributed by atoms with van der Waals surface area (Å²) in [5, 5.41) is 11.4. The molecule has 1 amide bonds. The second kappa shape index (κ2) is 8.66. The second-order valence-electron chi connectivity index (χ2n) is 3.95. The number of carbonyl (C=O) groups excluding carboxylic acids is 1. The zero-order chi connectivity index (χ0) is 14.1. The molecule has 0 spiro atoms. The van der Waals surface area contributed by atoms with Crippen molar-refractivity contribution < 1.29 is 14.6 Å². The Morgan fingerprint density at radius 1 is 1.47 bits per heavy atom. The van der Waals surface area contributed by atoms with Crippen LogP contribution in [0.2, 0.25) is 0 Å². The van der Waals surface area contributed by atoms with Gasteiger partial charge in [0.2, 0.25) is 5.91 Å². The molecule has 19 heavy (non-hydrogen) atoms. The Kier molecular flexibility index (Phi) is 7.14. The highest BCUT2D eigenvalue weighted by molar-refractivity contribution is 7.99. The molecule has 106 valence electrons. The molecule has 0 fully saturated rings. The Bertz CT molecular complexity index is 413. The van der Waals surface area contributed by atoms with Gasteiger partial charge in [-0.2, -0.15) is 11.8 Å². The number of carbonyl (C=O) groups is 1. The lowest BCUT2D eigenvalue weighted by Crippen LogP contribution is -2.13. The van der Waals surface area contributed by atoms with Gasteiger partial charge in [0.05, 0.1) is 12.8 Å². The van der Waals surface area contributed by atoms with Crippen LogP contribution in [0.25, 0.3) is 0 Å². The Morgan fingerprint density at radius 3 is 2.95 bits per heavy atom. The summed E-state index contributed by atoms with van der Waals surface area (Å²) in [6.45, 7) is 0.194. The van der Waals surface area contributed by atoms with Gasteiger partial charge in [0.1, 0.15) is 5.75 Å². The van der Waals surface area contributed by atoms with Gasteiger partial charge in [-0.25, -0.2) is 0 Å². The third-order valence-corrected chi connectivity index (χ3v) is 3.49. The first kappa shape index (κ1) is 15.7. The van der Waals surface area contributed by atoms with E-state index in [0.29, 0.717) is 23.5 Å². The van der Waals surface area contributed by atoms with Gasteiger partial charge >= 0.3 is 0 Å². The number of amides is 1. The molecule has 0 bridgehead atoms. The fourth-order valence-corrected chi connectivity index (χ4v) is 2.34. The monoisotopic (exact) mass is 284 g/mol. The van der Waals surface area contributed by atoms with E-state index in [1.807, 2.05) is 0 Å². The second-order valence-corrected chi connectivity index (χ2v) is 5.17. The summed E-state index contributed by atoms with van der Waals surface area (Å²) in [5.74, 6) is 2.12. The first-order valence-electron chi connectivity index (χ1n) is 6.09. The minimum Gasteiger partial charge on any atom is -0.495 e. The van der Waals surface area contributed by atoms with E-state index < -0.39 is 0 Å². The van der Waals surface area contributed by atoms with Crippen LogP contribution in [0, 0.1) is 0 Å². The van der Waals surface area contributed by atoms with Gasteiger partial charge < -0.3 is 20.9 Å². The molecule has 1 aromatic carbocycles. The maximum absolute atomic E-state index is 11.8. The average molecular weight is 284 g/mol. The van der Waals surface area contributed by atoms with Crippen molar-refractivity contribution in [3.05, 3.63) is 18.2 Å². The quantitative estimate of drug-likeness (QED) is 0.500. The lowest BCUT2D eigenvalue weighted by atomic mass is 10.2. The fourth-order valence-electron chi connectivity index (χ4n) is 1.47. The maximum Gasteiger partial charge on any atom is 0.225 e. The summed E-state index contributed by atoms with van der Waals surface area (Å²) >= 11 is 1.65. The predicted octanol–water partition coefficient (Wildman–Crippen LogP) is 1.72. The normalized spacial score (nSPS) is 10.2. The largest absolute Gasteiger partial charge is 0.495 e. The van der Waals surface area contributed by atoms with Crippen LogP contribution in [0.15, 0.2) is 18.2 Å². The maximum atomic E-state index is 11.8. The van der Waals surface area contributed by atoms with Gasteiger partial charge in [-0.05, 0) is 30.4 Å². The molecule has 5 nitrogen and oxygen atoms in total. The lowest BCUT2D eigenvalue weighted by Gasteiger charge is -2.10. The number of thioether (sulfide) groups is 1. The number of aliphatic hydroxyl groups is 1. The molecule has 0 radical (unpaired) electrons. The van der Waals surface area contributed by atoms with Crippen molar-refractivity contribution in [1.29, 1.82) is 0 Å². The zero-order valence-corrected chi connectivity index (χ0v) is 11.8. The summed E-state index contributed by atoms with van der Waals surface area (Å²) in [7, 11) is 1.55. The van der Waals surface area contributed by atoms with E-state index >= 15 is 0 Å². The minimum atomic E-state index is -0.0691. The molecule has 0 saturated carbocycles. The van der Waals surface area contributed by atoms with E-state index in [2.05, 4.69) is 5.32 Å². The van der Waals surface area contributed by atoms with E-state index in [-0.39, 0.29) is 12.5 Å². The van der Waals surface area contributed by atoms with Crippen LogP contribution in [-0.2, 0) is 4.79 Å². The van der Waals surface area contributed by atoms with Crippen molar-refractivity contribution in [2.45, 2.75) is 12.8 Å². The summed E-state index contributed by atoms with van der Waals surface area (Å²) in [6, 6.07) is 5.12. The molecule has 0 aliphatic heterocycles. The molecule has 0 atom stereocenters. The molecule has 0 aromatic heterocycles. The topological polar surface area (TPSA) is 84.6 Å². The van der Waals surface area contributed by atoms with Gasteiger partial charge in [0, 0.05) is 24.5 Å². The first-order chi connectivity index (χ1) is 9.17. The van der Waals surface area contributed by atoms with E-state index in [0.717, 1.165) is 17.9 Å². The molecule has 4 N–H and O–H groups in total. The van der Waals surface area contributed by atoms with Crippen LogP contribution < -0.4 is 15.8 Å². The fraction of sp³-hybridized carbons (Fsp3) is 0.462. The Balaban J connectivity index is 2.41. The Hall–Kier alpha value is -1.40. The smallest absolute Gasteiger partial charge is 0.225 e. The highest BCUT2D eigenvalue weighted by atomic mass is 32.2. The number of anilines is 2. The van der Waals surface area contributed by atoms with Crippen LogP contribution >= 0.6 is 11.8 Å². The van der Waals surface area contributed by atoms with E-state index in [1.54, 1.807) is 37.1 Å². The summed E-state index contributed by atoms with van der Waals surface area (Å²) in [6.07, 6.45) is 1.18. The number of nitrogens with two attached hydrogens (primary N) is 1. The standard InChI is InChI=1S/C13H20N2O3S/c1-18-12-4-3-10(14)9-11(12)15-13(17)5-8-19-7-2-6-16/h3-4,9,16H,2,5-8,14H2,1H3,(H,15,17). The summed E-state index contributed by atoms with van der Waals surface area (Å²) in [4.78, 5) is 11.8. The third-order valence-electron chi connectivity index (χ3n) is 2.42. The number of ether oxygens (including phenoxy) is 1. The van der Waals surface area contributed by atoms with E-state index in [9.17, 15) is 4.79 Å². The number of rotatable bonds is 8. The van der Waals surface area contributed by atoms with Crippen molar-refractivity contribution >= 4 is 29.0 Å². The molecule has 1 rings (SSSR count). The van der Waals surface area contributed by atoms with Crippen molar-refractivity contribution in [3.8, 4) is 5.75 Å². The minimum absolute atomic E-state index is 0.0691. The number of aliphatic hydroxyl groups excluding tert-OH is 1. The number of hydrogen-bond acceptors (Lipinski definition) is 5. The predicted molar refractivity (Wildman–Crippen MR) is 79.7 cm³/mol. The number of hydrogen-bond donors (Lipinski definition) is 3. The molecule has 6 heteroatoms. The highest BCUT2D eigenvalue weighted by Gasteiger charge is 2.07. The van der Waals surface area contributed by atoms with Crippen molar-refractivity contribution in [2.75, 3.05) is 36.3 Å². The molecular formula is C13H20N2O3S. The van der Waals surface area contributed by atoms with Crippen molar-refractivity contribution in [2.24, 2.45) is 0 Å². The molecule has 1 aromatic rings. The Labute approximate surface area is 117 Å². The molecule has 0 unspecified atom stereocenters. The van der Waals surface area contributed by atoms with Crippen LogP contribution in [-0.4, -0.2) is 36.2 Å². The highest BCUT2D eigenvalue weighted by Crippen LogP contribution is 2.26. The van der Waals surface area contributed by atoms with Crippen molar-refractivity contribution in [1.82, 2.24) is 0 Å². The third kappa shape index (κ3) is 5.85. The average Bonchev–Trinajstić information content (AvgIpc) is 2.39. The molecule has 0 heterocycles. The van der Waals surface area contributed by atoms with Gasteiger partial charge in [0.25, 0.3) is 0 Å². The zero-order valence-electron chi connectivity index (χ0n) is 11.0. The van der Waals surface area contributed by atoms with Crippen molar-refractivity contribution in [3.63, 3.8) is 0 Å². The van der Waals surface area contributed by atoms with Gasteiger partial charge in [-0.1, -0.05) is 0 Å². The summed E-state index contributed by atoms with van der Waals surface area (Å²) < 4.78 is 5.16. The van der Waals surface area contributed by atoms with Crippen LogP contribution in [0.4, 0.5) is 11.4 Å². The summed E-state index contributed by atoms with van der Waals surface area (Å²) in [5.41, 5.74) is 6.85. The van der Waals surface area contributed by atoms with Crippen LogP contribution in [0.1, 0.15) is 12.8 Å². The Morgan fingerprint density at radius 2 is 2.26 bits per heavy atom. The van der Waals surface area contributed by atoms with Gasteiger partial charge in [-0.15, -0.1) is 0 Å². The number of benzene rings is 1. The molecule has 0 aliphatic carbocycles. The molecular weight excluding hydrogens is 264 g/mol. The number of nitrogens with one attached hydrogen (secondary N) is 1. The lowest BCUT2D eigenvalue weighted by molar-refractivity contribution is -0.115. The molecule has 0 aliphatic rings. The number of nitrogen functional groups attached to an aromatic ring is 1. The van der Waals surface area contributed by atoms with Crippen LogP contribution in [0.5, 0.6) is 5.75 Å². The first-order valence-corrected chi connectivity index (χ1v) is 7.25.